The number of amides is 2. The molecule has 2 aromatic heterocycles. The zero-order chi connectivity index (χ0) is 21.5. The van der Waals surface area contributed by atoms with Gasteiger partial charge in [0.2, 0.25) is 0 Å². The highest BCUT2D eigenvalue weighted by Gasteiger charge is 2.08. The molecule has 0 bridgehead atoms. The third-order valence-corrected chi connectivity index (χ3v) is 4.22. The Balaban J connectivity index is 1.52. The molecule has 2 amide bonds. The van der Waals surface area contributed by atoms with E-state index in [4.69, 9.17) is 9.47 Å². The van der Waals surface area contributed by atoms with Crippen molar-refractivity contribution in [2.24, 2.45) is 0 Å². The summed E-state index contributed by atoms with van der Waals surface area (Å²) >= 11 is 0. The monoisotopic (exact) mass is 411 g/mol. The Morgan fingerprint density at radius 3 is 2.40 bits per heavy atom. The second-order valence-electron chi connectivity index (χ2n) is 6.41. The fraction of sp³-hybridized carbons (Fsp3) is 0.300. The Morgan fingerprint density at radius 1 is 1.03 bits per heavy atom. The van der Waals surface area contributed by atoms with Gasteiger partial charge in [-0.25, -0.2) is 19.7 Å². The number of nitrogens with zero attached hydrogens (tertiary/aromatic N) is 4. The molecule has 0 radical (unpaired) electrons. The first-order valence-corrected chi connectivity index (χ1v) is 9.36. The van der Waals surface area contributed by atoms with E-state index in [9.17, 15) is 4.79 Å². The van der Waals surface area contributed by atoms with Crippen LogP contribution in [-0.2, 0) is 0 Å². The normalized spacial score (nSPS) is 10.4. The first kappa shape index (κ1) is 20.9. The number of methoxy groups -OCH3 is 2. The van der Waals surface area contributed by atoms with Crippen LogP contribution in [0.15, 0.2) is 36.7 Å². The van der Waals surface area contributed by atoms with Gasteiger partial charge in [0.05, 0.1) is 14.2 Å². The van der Waals surface area contributed by atoms with Crippen LogP contribution in [-0.4, -0.2) is 52.9 Å². The molecule has 0 saturated carbocycles. The first-order valence-electron chi connectivity index (χ1n) is 9.36. The maximum Gasteiger partial charge on any atom is 0.319 e. The summed E-state index contributed by atoms with van der Waals surface area (Å²) in [5.74, 6) is 4.07. The van der Waals surface area contributed by atoms with E-state index in [0.29, 0.717) is 41.9 Å². The smallest absolute Gasteiger partial charge is 0.319 e. The number of anilines is 2. The van der Waals surface area contributed by atoms with Gasteiger partial charge in [-0.15, -0.1) is 0 Å². The number of nitrogens with one attached hydrogen (secondary N) is 3. The van der Waals surface area contributed by atoms with Crippen LogP contribution in [0.2, 0.25) is 0 Å². The van der Waals surface area contributed by atoms with E-state index in [1.165, 1.54) is 0 Å². The van der Waals surface area contributed by atoms with Gasteiger partial charge >= 0.3 is 6.03 Å². The van der Waals surface area contributed by atoms with Crippen LogP contribution in [0.3, 0.4) is 0 Å². The molecule has 0 aliphatic heterocycles. The van der Waals surface area contributed by atoms with E-state index in [1.54, 1.807) is 38.6 Å². The molecule has 3 rings (SSSR count). The Morgan fingerprint density at radius 2 is 1.77 bits per heavy atom. The molecule has 0 unspecified atom stereocenters. The third-order valence-electron chi connectivity index (χ3n) is 4.22. The maximum absolute atomic E-state index is 12.2. The molecule has 0 aliphatic carbocycles. The van der Waals surface area contributed by atoms with Crippen molar-refractivity contribution in [2.75, 3.05) is 37.9 Å². The van der Waals surface area contributed by atoms with Gasteiger partial charge in [-0.1, -0.05) is 0 Å². The van der Waals surface area contributed by atoms with Gasteiger partial charge in [-0.2, -0.15) is 0 Å². The predicted molar refractivity (Wildman–Crippen MR) is 114 cm³/mol. The molecule has 1 aromatic carbocycles. The van der Waals surface area contributed by atoms with Gasteiger partial charge in [0.1, 0.15) is 34.8 Å². The molecular weight excluding hydrogens is 386 g/mol. The number of hydrogen-bond donors (Lipinski definition) is 3. The Hall–Kier alpha value is -3.82. The minimum Gasteiger partial charge on any atom is -0.497 e. The van der Waals surface area contributed by atoms with E-state index in [1.807, 2.05) is 30.7 Å². The molecule has 3 N–H and O–H groups in total. The minimum absolute atomic E-state index is 0.333. The van der Waals surface area contributed by atoms with E-state index >= 15 is 0 Å². The van der Waals surface area contributed by atoms with Crippen molar-refractivity contribution in [1.82, 2.24) is 24.8 Å². The van der Waals surface area contributed by atoms with E-state index in [2.05, 4.69) is 30.9 Å². The number of ether oxygens (including phenoxy) is 2. The maximum atomic E-state index is 12.2. The van der Waals surface area contributed by atoms with Gasteiger partial charge < -0.3 is 25.4 Å². The van der Waals surface area contributed by atoms with Crippen molar-refractivity contribution >= 4 is 17.5 Å². The van der Waals surface area contributed by atoms with Crippen molar-refractivity contribution in [3.63, 3.8) is 0 Å². The Kier molecular flexibility index (Phi) is 6.68. The summed E-state index contributed by atoms with van der Waals surface area (Å²) < 4.78 is 12.3. The lowest BCUT2D eigenvalue weighted by atomic mass is 10.3. The molecular formula is C20H25N7O3. The lowest BCUT2D eigenvalue weighted by Gasteiger charge is -2.12. The minimum atomic E-state index is -0.333. The number of urea groups is 1. The molecule has 30 heavy (non-hydrogen) atoms. The molecule has 158 valence electrons. The highest BCUT2D eigenvalue weighted by Crippen LogP contribution is 2.25. The van der Waals surface area contributed by atoms with E-state index in [0.717, 1.165) is 11.6 Å². The van der Waals surface area contributed by atoms with Gasteiger partial charge in [-0.05, 0) is 13.8 Å². The van der Waals surface area contributed by atoms with Crippen LogP contribution in [0, 0.1) is 13.8 Å². The quantitative estimate of drug-likeness (QED) is 0.488. The number of carbonyl (C=O) groups excluding carboxylic acids is 1. The molecule has 0 saturated heterocycles. The van der Waals surface area contributed by atoms with E-state index in [-0.39, 0.29) is 6.03 Å². The van der Waals surface area contributed by atoms with Gasteiger partial charge in [-0.3, -0.25) is 4.57 Å². The first-order chi connectivity index (χ1) is 14.5. The van der Waals surface area contributed by atoms with Crippen LogP contribution in [0.5, 0.6) is 11.5 Å². The molecule has 0 atom stereocenters. The number of aromatic nitrogens is 4. The summed E-state index contributed by atoms with van der Waals surface area (Å²) in [6, 6.07) is 6.66. The highest BCUT2D eigenvalue weighted by molar-refractivity contribution is 5.89. The number of aryl methyl sites for hydroxylation is 2. The molecule has 2 heterocycles. The van der Waals surface area contributed by atoms with Crippen LogP contribution in [0.1, 0.15) is 11.6 Å². The number of hydrogen-bond acceptors (Lipinski definition) is 7. The molecule has 0 aliphatic rings. The van der Waals surface area contributed by atoms with Crippen LogP contribution in [0.25, 0.3) is 5.82 Å². The largest absolute Gasteiger partial charge is 0.497 e. The zero-order valence-electron chi connectivity index (χ0n) is 17.4. The van der Waals surface area contributed by atoms with E-state index < -0.39 is 0 Å². The number of imidazole rings is 1. The number of rotatable bonds is 8. The van der Waals surface area contributed by atoms with Crippen LogP contribution >= 0.6 is 0 Å². The highest BCUT2D eigenvalue weighted by atomic mass is 16.5. The van der Waals surface area contributed by atoms with Gasteiger partial charge in [0.15, 0.2) is 0 Å². The van der Waals surface area contributed by atoms with Crippen molar-refractivity contribution in [1.29, 1.82) is 0 Å². The summed E-state index contributed by atoms with van der Waals surface area (Å²) in [6.45, 7) is 4.63. The summed E-state index contributed by atoms with van der Waals surface area (Å²) in [7, 11) is 3.11. The summed E-state index contributed by atoms with van der Waals surface area (Å²) in [6.07, 6.45) is 3.57. The summed E-state index contributed by atoms with van der Waals surface area (Å²) in [4.78, 5) is 25.2. The Labute approximate surface area is 174 Å². The fourth-order valence-corrected chi connectivity index (χ4v) is 2.81. The molecule has 10 heteroatoms. The zero-order valence-corrected chi connectivity index (χ0v) is 17.4. The van der Waals surface area contributed by atoms with Crippen LogP contribution in [0.4, 0.5) is 16.3 Å². The van der Waals surface area contributed by atoms with Gasteiger partial charge in [0.25, 0.3) is 0 Å². The Bertz CT molecular complexity index is 997. The van der Waals surface area contributed by atoms with Crippen molar-refractivity contribution in [2.45, 2.75) is 13.8 Å². The third kappa shape index (κ3) is 5.37. The standard InChI is InChI=1S/C20H25N7O3/c1-13-24-18(12-19(25-13)27-8-7-21-14(27)2)22-5-6-23-20(28)26-15-9-16(29-3)11-17(10-15)30-4/h7-12H,5-6H2,1-4H3,(H,22,24,25)(H2,23,26,28). The molecule has 0 spiro atoms. The lowest BCUT2D eigenvalue weighted by molar-refractivity contribution is 0.252. The molecule has 0 fully saturated rings. The number of benzene rings is 1. The van der Waals surface area contributed by atoms with Crippen molar-refractivity contribution < 1.29 is 14.3 Å². The molecule has 10 nitrogen and oxygen atoms in total. The van der Waals surface area contributed by atoms with Crippen LogP contribution < -0.4 is 25.4 Å². The average Bonchev–Trinajstić information content (AvgIpc) is 3.16. The SMILES string of the molecule is COc1cc(NC(=O)NCCNc2cc(-n3ccnc3C)nc(C)n2)cc(OC)c1. The van der Waals surface area contributed by atoms with Crippen molar-refractivity contribution in [3.8, 4) is 17.3 Å². The second kappa shape index (κ2) is 9.59. The number of carbonyl (C=O) groups is 1. The van der Waals surface area contributed by atoms with Gasteiger partial charge in [0, 0.05) is 55.4 Å². The lowest BCUT2D eigenvalue weighted by Crippen LogP contribution is -2.32. The fourth-order valence-electron chi connectivity index (χ4n) is 2.81. The van der Waals surface area contributed by atoms with Crippen molar-refractivity contribution in [3.05, 3.63) is 48.3 Å². The average molecular weight is 411 g/mol. The summed E-state index contributed by atoms with van der Waals surface area (Å²) in [5.41, 5.74) is 0.573. The predicted octanol–water partition coefficient (Wildman–Crippen LogP) is 2.53. The molecule has 3 aromatic rings. The second-order valence-corrected chi connectivity index (χ2v) is 6.41. The topological polar surface area (TPSA) is 115 Å². The summed E-state index contributed by atoms with van der Waals surface area (Å²) in [5, 5.41) is 8.74.